The van der Waals surface area contributed by atoms with Gasteiger partial charge in [-0.25, -0.2) is 15.0 Å². The lowest BCUT2D eigenvalue weighted by Gasteiger charge is -2.14. The van der Waals surface area contributed by atoms with Crippen LogP contribution in [0.5, 0.6) is 0 Å². The largest absolute Gasteiger partial charge is 0.320 e. The van der Waals surface area contributed by atoms with Gasteiger partial charge in [0, 0.05) is 27.9 Å². The zero-order chi connectivity index (χ0) is 25.7. The Morgan fingerprint density at radius 1 is 1.00 bits per heavy atom. The van der Waals surface area contributed by atoms with Gasteiger partial charge in [0.15, 0.2) is 5.82 Å². The number of thiazole rings is 1. The molecule has 2 aromatic carbocycles. The number of para-hydroxylation sites is 1. The molecule has 1 N–H and O–H groups in total. The van der Waals surface area contributed by atoms with Crippen molar-refractivity contribution in [1.82, 2.24) is 19.9 Å². The van der Waals surface area contributed by atoms with Crippen molar-refractivity contribution < 1.29 is 4.79 Å². The number of rotatable bonds is 8. The van der Waals surface area contributed by atoms with Crippen LogP contribution in [0.1, 0.15) is 48.3 Å². The molecule has 0 spiro atoms. The van der Waals surface area contributed by atoms with E-state index in [1.54, 1.807) is 17.4 Å². The number of aromatic nitrogens is 3. The van der Waals surface area contributed by atoms with Crippen molar-refractivity contribution in [3.63, 3.8) is 0 Å². The minimum Gasteiger partial charge on any atom is -0.320 e. The molecule has 7 heteroatoms. The molecule has 1 amide bonds. The molecule has 0 aliphatic rings. The molecule has 0 fully saturated rings. The Balaban J connectivity index is 1.64. The highest BCUT2D eigenvalue weighted by molar-refractivity contribution is 7.15. The van der Waals surface area contributed by atoms with Gasteiger partial charge < -0.3 is 10.2 Å². The van der Waals surface area contributed by atoms with E-state index in [4.69, 9.17) is 4.98 Å². The molecule has 0 aliphatic carbocycles. The Morgan fingerprint density at radius 2 is 1.72 bits per heavy atom. The maximum atomic E-state index is 13.5. The summed E-state index contributed by atoms with van der Waals surface area (Å²) in [5.74, 6) is 0.301. The summed E-state index contributed by atoms with van der Waals surface area (Å²) in [7, 11) is 4.11. The molecule has 0 saturated carbocycles. The first-order chi connectivity index (χ1) is 17.2. The first-order valence-corrected chi connectivity index (χ1v) is 13.0. The first kappa shape index (κ1) is 25.7. The average Bonchev–Trinajstić information content (AvgIpc) is 3.35. The van der Waals surface area contributed by atoms with Crippen LogP contribution in [-0.2, 0) is 11.8 Å². The smallest absolute Gasteiger partial charge is 0.274 e. The maximum absolute atomic E-state index is 13.5. The van der Waals surface area contributed by atoms with Gasteiger partial charge in [0.05, 0.1) is 5.69 Å². The van der Waals surface area contributed by atoms with Gasteiger partial charge in [0.1, 0.15) is 10.7 Å². The van der Waals surface area contributed by atoms with Crippen molar-refractivity contribution in [3.05, 3.63) is 83.1 Å². The molecule has 2 heterocycles. The standard InChI is InChI=1S/C29H33N5OS/c1-29(2,3)25-19-30-28(36-25)22-15-9-10-16-23(22)33-27(35)24-18-21(14-11-17-34(4)5)31-26(32-24)20-12-7-6-8-13-20/h6-10,12-13,15-16,18-19H,11,14,17H2,1-5H3,(H,33,35). The zero-order valence-corrected chi connectivity index (χ0v) is 22.4. The highest BCUT2D eigenvalue weighted by atomic mass is 32.1. The van der Waals surface area contributed by atoms with Gasteiger partial charge in [-0.3, -0.25) is 4.79 Å². The van der Waals surface area contributed by atoms with E-state index in [2.05, 4.69) is 55.1 Å². The summed E-state index contributed by atoms with van der Waals surface area (Å²) in [5, 5.41) is 3.97. The summed E-state index contributed by atoms with van der Waals surface area (Å²) in [4.78, 5) is 30.8. The SMILES string of the molecule is CN(C)CCCc1cc(C(=O)Nc2ccccc2-c2ncc(C(C)(C)C)s2)nc(-c2ccccc2)n1. The molecule has 4 rings (SSSR count). The van der Waals surface area contributed by atoms with Crippen LogP contribution in [-0.4, -0.2) is 46.4 Å². The van der Waals surface area contributed by atoms with Crippen molar-refractivity contribution in [1.29, 1.82) is 0 Å². The molecule has 0 aliphatic heterocycles. The summed E-state index contributed by atoms with van der Waals surface area (Å²) in [5.41, 5.74) is 3.73. The van der Waals surface area contributed by atoms with E-state index in [1.807, 2.05) is 60.8 Å². The number of nitrogens with one attached hydrogen (secondary N) is 1. The number of hydrogen-bond acceptors (Lipinski definition) is 6. The topological polar surface area (TPSA) is 71.0 Å². The third-order valence-electron chi connectivity index (χ3n) is 5.73. The van der Waals surface area contributed by atoms with Gasteiger partial charge in [-0.05, 0) is 57.1 Å². The molecular formula is C29H33N5OS. The van der Waals surface area contributed by atoms with Gasteiger partial charge >= 0.3 is 0 Å². The number of carbonyl (C=O) groups is 1. The number of carbonyl (C=O) groups excluding carboxylic acids is 1. The van der Waals surface area contributed by atoms with E-state index >= 15 is 0 Å². The molecule has 0 saturated heterocycles. The minimum absolute atomic E-state index is 0.0197. The number of anilines is 1. The van der Waals surface area contributed by atoms with Gasteiger partial charge in [0.25, 0.3) is 5.91 Å². The monoisotopic (exact) mass is 499 g/mol. The van der Waals surface area contributed by atoms with Crippen LogP contribution in [0.4, 0.5) is 5.69 Å². The second kappa shape index (κ2) is 11.1. The highest BCUT2D eigenvalue weighted by Gasteiger charge is 2.20. The van der Waals surface area contributed by atoms with E-state index in [-0.39, 0.29) is 11.3 Å². The van der Waals surface area contributed by atoms with Gasteiger partial charge in [0.2, 0.25) is 0 Å². The van der Waals surface area contributed by atoms with Gasteiger partial charge in [-0.1, -0.05) is 63.2 Å². The first-order valence-electron chi connectivity index (χ1n) is 12.2. The predicted octanol–water partition coefficient (Wildman–Crippen LogP) is 6.31. The molecule has 0 bridgehead atoms. The lowest BCUT2D eigenvalue weighted by Crippen LogP contribution is -2.17. The third kappa shape index (κ3) is 6.42. The van der Waals surface area contributed by atoms with Crippen LogP contribution in [0, 0.1) is 0 Å². The summed E-state index contributed by atoms with van der Waals surface area (Å²) >= 11 is 1.65. The summed E-state index contributed by atoms with van der Waals surface area (Å²) in [6.45, 7) is 7.47. The Bertz CT molecular complexity index is 1330. The molecule has 2 aromatic heterocycles. The van der Waals surface area contributed by atoms with E-state index in [0.717, 1.165) is 41.2 Å². The lowest BCUT2D eigenvalue weighted by molar-refractivity contribution is 0.102. The highest BCUT2D eigenvalue weighted by Crippen LogP contribution is 2.36. The van der Waals surface area contributed by atoms with Gasteiger partial charge in [-0.15, -0.1) is 11.3 Å². The Hall–Kier alpha value is -3.42. The molecule has 0 unspecified atom stereocenters. The van der Waals surface area contributed by atoms with Crippen LogP contribution < -0.4 is 5.32 Å². The average molecular weight is 500 g/mol. The van der Waals surface area contributed by atoms with E-state index in [0.29, 0.717) is 17.2 Å². The van der Waals surface area contributed by atoms with Crippen LogP contribution in [0.3, 0.4) is 0 Å². The van der Waals surface area contributed by atoms with Crippen molar-refractivity contribution >= 4 is 22.9 Å². The lowest BCUT2D eigenvalue weighted by atomic mass is 9.96. The predicted molar refractivity (Wildman–Crippen MR) is 149 cm³/mol. The fourth-order valence-electron chi connectivity index (χ4n) is 3.74. The Labute approximate surface area is 217 Å². The van der Waals surface area contributed by atoms with Crippen molar-refractivity contribution in [2.24, 2.45) is 0 Å². The molecule has 36 heavy (non-hydrogen) atoms. The van der Waals surface area contributed by atoms with Crippen LogP contribution in [0.15, 0.2) is 66.9 Å². The van der Waals surface area contributed by atoms with Crippen molar-refractivity contribution in [2.75, 3.05) is 26.0 Å². The molecular weight excluding hydrogens is 466 g/mol. The summed E-state index contributed by atoms with van der Waals surface area (Å²) in [6, 6.07) is 19.4. The zero-order valence-electron chi connectivity index (χ0n) is 21.6. The molecule has 6 nitrogen and oxygen atoms in total. The fourth-order valence-corrected chi connectivity index (χ4v) is 4.76. The molecule has 0 atom stereocenters. The summed E-state index contributed by atoms with van der Waals surface area (Å²) in [6.07, 6.45) is 3.64. The third-order valence-corrected chi connectivity index (χ3v) is 7.19. The molecule has 0 radical (unpaired) electrons. The van der Waals surface area contributed by atoms with Crippen molar-refractivity contribution in [2.45, 2.75) is 39.0 Å². The van der Waals surface area contributed by atoms with E-state index in [9.17, 15) is 4.79 Å². The minimum atomic E-state index is -0.261. The Morgan fingerprint density at radius 3 is 2.42 bits per heavy atom. The van der Waals surface area contributed by atoms with Crippen molar-refractivity contribution in [3.8, 4) is 22.0 Å². The molecule has 4 aromatic rings. The van der Waals surface area contributed by atoms with Crippen LogP contribution in [0.2, 0.25) is 0 Å². The second-order valence-electron chi connectivity index (χ2n) is 10.1. The number of aryl methyl sites for hydroxylation is 1. The number of benzene rings is 2. The Kier molecular flexibility index (Phi) is 7.91. The summed E-state index contributed by atoms with van der Waals surface area (Å²) < 4.78 is 0. The van der Waals surface area contributed by atoms with E-state index in [1.165, 1.54) is 4.88 Å². The van der Waals surface area contributed by atoms with Crippen LogP contribution >= 0.6 is 11.3 Å². The normalized spacial score (nSPS) is 11.6. The number of nitrogens with zero attached hydrogens (tertiary/aromatic N) is 4. The maximum Gasteiger partial charge on any atom is 0.274 e. The second-order valence-corrected chi connectivity index (χ2v) is 11.2. The van der Waals surface area contributed by atoms with Gasteiger partial charge in [-0.2, -0.15) is 0 Å². The van der Waals surface area contributed by atoms with E-state index < -0.39 is 0 Å². The van der Waals surface area contributed by atoms with Crippen LogP contribution in [0.25, 0.3) is 22.0 Å². The number of hydrogen-bond donors (Lipinski definition) is 1. The molecule has 186 valence electrons. The number of amides is 1. The fraction of sp³-hybridized carbons (Fsp3) is 0.310. The quantitative estimate of drug-likeness (QED) is 0.308.